The van der Waals surface area contributed by atoms with Gasteiger partial charge in [0.05, 0.1) is 0 Å². The van der Waals surface area contributed by atoms with Crippen molar-refractivity contribution in [2.45, 2.75) is 39.5 Å². The van der Waals surface area contributed by atoms with E-state index in [0.29, 0.717) is 19.3 Å². The van der Waals surface area contributed by atoms with Gasteiger partial charge in [-0.25, -0.2) is 0 Å². The predicted molar refractivity (Wildman–Crippen MR) is 66.5 cm³/mol. The maximum Gasteiger partial charge on any atom is 0.320 e. The Bertz CT molecular complexity index is 341. The lowest BCUT2D eigenvalue weighted by molar-refractivity contribution is -0.157. The molecule has 0 aromatic carbocycles. The zero-order valence-corrected chi connectivity index (χ0v) is 10.6. The van der Waals surface area contributed by atoms with Gasteiger partial charge in [-0.1, -0.05) is 24.3 Å². The predicted octanol–water partition coefficient (Wildman–Crippen LogP) is 2.81. The molecule has 1 rings (SSSR count). The molecule has 0 heterocycles. The van der Waals surface area contributed by atoms with Crippen LogP contribution in [0.1, 0.15) is 39.5 Å². The van der Waals surface area contributed by atoms with Crippen molar-refractivity contribution in [2.75, 3.05) is 6.61 Å². The van der Waals surface area contributed by atoms with Crippen LogP contribution in [0.5, 0.6) is 0 Å². The quantitative estimate of drug-likeness (QED) is 0.419. The molecule has 0 bridgehead atoms. The molecule has 1 saturated carbocycles. The van der Waals surface area contributed by atoms with Crippen molar-refractivity contribution in [1.82, 2.24) is 0 Å². The van der Waals surface area contributed by atoms with E-state index in [0.717, 1.165) is 6.42 Å². The summed E-state index contributed by atoms with van der Waals surface area (Å²) in [5.41, 5.74) is -0.909. The first-order chi connectivity index (χ1) is 8.17. The van der Waals surface area contributed by atoms with E-state index in [4.69, 9.17) is 4.74 Å². The molecule has 1 aliphatic rings. The molecule has 0 spiro atoms. The Labute approximate surface area is 103 Å². The van der Waals surface area contributed by atoms with Crippen molar-refractivity contribution in [2.24, 2.45) is 5.41 Å². The summed E-state index contributed by atoms with van der Waals surface area (Å²) in [6, 6.07) is 0. The minimum atomic E-state index is -0.909. The molecule has 0 aromatic rings. The normalized spacial score (nSPS) is 24.9. The number of carbonyl (C=O) groups is 2. The van der Waals surface area contributed by atoms with Crippen LogP contribution in [0.4, 0.5) is 0 Å². The Hall–Kier alpha value is -1.38. The molecule has 1 fully saturated rings. The van der Waals surface area contributed by atoms with Gasteiger partial charge in [0.15, 0.2) is 5.78 Å². The van der Waals surface area contributed by atoms with E-state index in [2.05, 4.69) is 0 Å². The number of hydrogen-bond donors (Lipinski definition) is 0. The molecular weight excluding hydrogens is 216 g/mol. The van der Waals surface area contributed by atoms with Gasteiger partial charge in [0, 0.05) is 6.42 Å². The van der Waals surface area contributed by atoms with Crippen LogP contribution in [0, 0.1) is 5.41 Å². The minimum absolute atomic E-state index is 0.0288. The SMILES string of the molecule is CC=CCOC(=O)C1(CC=CC)CCCC1=O. The average molecular weight is 236 g/mol. The third-order valence-corrected chi connectivity index (χ3v) is 3.18. The average Bonchev–Trinajstić information content (AvgIpc) is 2.69. The summed E-state index contributed by atoms with van der Waals surface area (Å²) in [5, 5.41) is 0. The molecule has 94 valence electrons. The topological polar surface area (TPSA) is 43.4 Å². The van der Waals surface area contributed by atoms with Crippen LogP contribution >= 0.6 is 0 Å². The van der Waals surface area contributed by atoms with E-state index in [9.17, 15) is 9.59 Å². The fourth-order valence-electron chi connectivity index (χ4n) is 2.12. The lowest BCUT2D eigenvalue weighted by atomic mass is 9.81. The summed E-state index contributed by atoms with van der Waals surface area (Å²) in [4.78, 5) is 24.0. The monoisotopic (exact) mass is 236 g/mol. The van der Waals surface area contributed by atoms with Gasteiger partial charge in [0.25, 0.3) is 0 Å². The summed E-state index contributed by atoms with van der Waals surface area (Å²) >= 11 is 0. The van der Waals surface area contributed by atoms with E-state index in [1.807, 2.05) is 32.1 Å². The lowest BCUT2D eigenvalue weighted by Crippen LogP contribution is -2.36. The number of hydrogen-bond acceptors (Lipinski definition) is 3. The molecule has 0 N–H and O–H groups in total. The van der Waals surface area contributed by atoms with E-state index < -0.39 is 5.41 Å². The van der Waals surface area contributed by atoms with Crippen molar-refractivity contribution >= 4 is 11.8 Å². The van der Waals surface area contributed by atoms with E-state index >= 15 is 0 Å². The largest absolute Gasteiger partial charge is 0.461 e. The van der Waals surface area contributed by atoms with Gasteiger partial charge in [-0.05, 0) is 33.1 Å². The fraction of sp³-hybridized carbons (Fsp3) is 0.571. The highest BCUT2D eigenvalue weighted by Crippen LogP contribution is 2.39. The standard InChI is InChI=1S/C14H20O3/c1-3-5-9-14(10-7-8-12(14)15)13(16)17-11-6-4-2/h3-6H,7-11H2,1-2H3. The van der Waals surface area contributed by atoms with Crippen LogP contribution in [0.25, 0.3) is 0 Å². The number of ether oxygens (including phenoxy) is 1. The zero-order valence-electron chi connectivity index (χ0n) is 10.6. The molecule has 0 aliphatic heterocycles. The van der Waals surface area contributed by atoms with Gasteiger partial charge >= 0.3 is 5.97 Å². The maximum atomic E-state index is 12.0. The van der Waals surface area contributed by atoms with Crippen LogP contribution in [0.15, 0.2) is 24.3 Å². The Kier molecular flexibility index (Phi) is 5.13. The first kappa shape index (κ1) is 13.7. The molecule has 0 amide bonds. The van der Waals surface area contributed by atoms with Crippen LogP contribution < -0.4 is 0 Å². The van der Waals surface area contributed by atoms with Gasteiger partial charge in [0.2, 0.25) is 0 Å². The number of carbonyl (C=O) groups excluding carboxylic acids is 2. The second kappa shape index (κ2) is 6.38. The molecule has 0 saturated heterocycles. The molecule has 3 nitrogen and oxygen atoms in total. The molecule has 17 heavy (non-hydrogen) atoms. The van der Waals surface area contributed by atoms with Gasteiger partial charge in [-0.3, -0.25) is 9.59 Å². The van der Waals surface area contributed by atoms with E-state index in [-0.39, 0.29) is 18.4 Å². The summed E-state index contributed by atoms with van der Waals surface area (Å²) in [7, 11) is 0. The van der Waals surface area contributed by atoms with Crippen molar-refractivity contribution in [3.63, 3.8) is 0 Å². The first-order valence-corrected chi connectivity index (χ1v) is 6.10. The summed E-state index contributed by atoms with van der Waals surface area (Å²) < 4.78 is 5.16. The smallest absolute Gasteiger partial charge is 0.320 e. The lowest BCUT2D eigenvalue weighted by Gasteiger charge is -2.23. The molecule has 1 unspecified atom stereocenters. The molecule has 0 radical (unpaired) electrons. The Balaban J connectivity index is 2.75. The number of rotatable bonds is 5. The molecule has 1 atom stereocenters. The van der Waals surface area contributed by atoms with Gasteiger partial charge < -0.3 is 4.74 Å². The van der Waals surface area contributed by atoms with Crippen LogP contribution in [-0.4, -0.2) is 18.4 Å². The molecule has 3 heteroatoms. The molecule has 1 aliphatic carbocycles. The van der Waals surface area contributed by atoms with Gasteiger partial charge in [0.1, 0.15) is 12.0 Å². The Morgan fingerprint density at radius 3 is 2.59 bits per heavy atom. The molecule has 0 aromatic heterocycles. The Morgan fingerprint density at radius 2 is 2.06 bits per heavy atom. The van der Waals surface area contributed by atoms with Crippen LogP contribution in [-0.2, 0) is 14.3 Å². The fourth-order valence-corrected chi connectivity index (χ4v) is 2.12. The second-order valence-corrected chi connectivity index (χ2v) is 4.30. The second-order valence-electron chi connectivity index (χ2n) is 4.30. The third kappa shape index (κ3) is 3.05. The van der Waals surface area contributed by atoms with Crippen molar-refractivity contribution in [3.05, 3.63) is 24.3 Å². The highest BCUT2D eigenvalue weighted by atomic mass is 16.5. The van der Waals surface area contributed by atoms with E-state index in [1.54, 1.807) is 6.08 Å². The highest BCUT2D eigenvalue weighted by molar-refractivity contribution is 6.05. The Morgan fingerprint density at radius 1 is 1.35 bits per heavy atom. The minimum Gasteiger partial charge on any atom is -0.461 e. The molecular formula is C14H20O3. The third-order valence-electron chi connectivity index (χ3n) is 3.18. The van der Waals surface area contributed by atoms with E-state index in [1.165, 1.54) is 0 Å². The maximum absolute atomic E-state index is 12.0. The summed E-state index contributed by atoms with van der Waals surface area (Å²) in [6.07, 6.45) is 9.70. The van der Waals surface area contributed by atoms with Crippen LogP contribution in [0.3, 0.4) is 0 Å². The van der Waals surface area contributed by atoms with Crippen molar-refractivity contribution < 1.29 is 14.3 Å². The highest BCUT2D eigenvalue weighted by Gasteiger charge is 2.48. The summed E-state index contributed by atoms with van der Waals surface area (Å²) in [5.74, 6) is -0.336. The number of esters is 1. The van der Waals surface area contributed by atoms with Crippen molar-refractivity contribution in [1.29, 1.82) is 0 Å². The number of Topliss-reactive ketones (excluding diaryl/α,β-unsaturated/α-hetero) is 1. The number of allylic oxidation sites excluding steroid dienone is 3. The van der Waals surface area contributed by atoms with Gasteiger partial charge in [-0.2, -0.15) is 0 Å². The first-order valence-electron chi connectivity index (χ1n) is 6.10. The van der Waals surface area contributed by atoms with Crippen molar-refractivity contribution in [3.8, 4) is 0 Å². The number of ketones is 1. The van der Waals surface area contributed by atoms with Crippen LogP contribution in [0.2, 0.25) is 0 Å². The van der Waals surface area contributed by atoms with Gasteiger partial charge in [-0.15, -0.1) is 0 Å². The zero-order chi connectivity index (χ0) is 12.7. The summed E-state index contributed by atoms with van der Waals surface area (Å²) in [6.45, 7) is 4.00.